The molecule has 22 heavy (non-hydrogen) atoms. The van der Waals surface area contributed by atoms with Crippen LogP contribution in [-0.4, -0.2) is 21.9 Å². The highest BCUT2D eigenvalue weighted by molar-refractivity contribution is 5.84. The van der Waals surface area contributed by atoms with E-state index in [4.69, 9.17) is 9.72 Å². The molecule has 0 aliphatic carbocycles. The van der Waals surface area contributed by atoms with Gasteiger partial charge in [0.2, 0.25) is 0 Å². The Labute approximate surface area is 130 Å². The van der Waals surface area contributed by atoms with Crippen LogP contribution in [0.15, 0.2) is 36.7 Å². The number of rotatable bonds is 4. The van der Waals surface area contributed by atoms with Crippen LogP contribution >= 0.6 is 0 Å². The highest BCUT2D eigenvalue weighted by Gasteiger charge is 2.10. The topological polar surface area (TPSA) is 39.9 Å². The first-order chi connectivity index (χ1) is 10.6. The van der Waals surface area contributed by atoms with E-state index < -0.39 is 0 Å². The van der Waals surface area contributed by atoms with Gasteiger partial charge >= 0.3 is 0 Å². The molecule has 0 saturated carbocycles. The van der Waals surface area contributed by atoms with E-state index in [2.05, 4.69) is 31.1 Å². The molecular formula is C18H21N3O. The SMILES string of the molecule is COc1ccc2c(CC(C)C)cc(-n3cc(C)cn3)nc2c1. The maximum absolute atomic E-state index is 5.33. The summed E-state index contributed by atoms with van der Waals surface area (Å²) in [5.41, 5.74) is 3.37. The van der Waals surface area contributed by atoms with Crippen LogP contribution in [0.1, 0.15) is 25.0 Å². The average molecular weight is 295 g/mol. The van der Waals surface area contributed by atoms with Gasteiger partial charge in [0.05, 0.1) is 18.8 Å². The van der Waals surface area contributed by atoms with Crippen molar-refractivity contribution in [2.75, 3.05) is 7.11 Å². The summed E-state index contributed by atoms with van der Waals surface area (Å²) < 4.78 is 7.16. The molecule has 0 atom stereocenters. The third-order valence-corrected chi connectivity index (χ3v) is 3.66. The van der Waals surface area contributed by atoms with Crippen LogP contribution in [0.3, 0.4) is 0 Å². The molecule has 0 unspecified atom stereocenters. The quantitative estimate of drug-likeness (QED) is 0.732. The highest BCUT2D eigenvalue weighted by Crippen LogP contribution is 2.26. The zero-order valence-electron chi connectivity index (χ0n) is 13.5. The molecule has 0 saturated heterocycles. The number of hydrogen-bond donors (Lipinski definition) is 0. The standard InChI is InChI=1S/C18H21N3O/c1-12(2)7-14-8-18(21-11-13(3)10-19-21)20-17-9-15(22-4)5-6-16(14)17/h5-6,8-12H,7H2,1-4H3. The Balaban J connectivity index is 2.20. The largest absolute Gasteiger partial charge is 0.497 e. The van der Waals surface area contributed by atoms with Crippen molar-refractivity contribution >= 4 is 10.9 Å². The van der Waals surface area contributed by atoms with E-state index in [9.17, 15) is 0 Å². The van der Waals surface area contributed by atoms with E-state index in [1.54, 1.807) is 7.11 Å². The van der Waals surface area contributed by atoms with Crippen LogP contribution in [0.2, 0.25) is 0 Å². The summed E-state index contributed by atoms with van der Waals surface area (Å²) in [5.74, 6) is 2.26. The normalized spacial score (nSPS) is 11.3. The zero-order valence-corrected chi connectivity index (χ0v) is 13.5. The number of methoxy groups -OCH3 is 1. The monoisotopic (exact) mass is 295 g/mol. The minimum atomic E-state index is 0.583. The summed E-state index contributed by atoms with van der Waals surface area (Å²) in [5, 5.41) is 5.56. The van der Waals surface area contributed by atoms with Gasteiger partial charge in [-0.1, -0.05) is 13.8 Å². The maximum atomic E-state index is 5.33. The lowest BCUT2D eigenvalue weighted by atomic mass is 9.99. The fraction of sp³-hybridized carbons (Fsp3) is 0.333. The summed E-state index contributed by atoms with van der Waals surface area (Å²) in [6.45, 7) is 6.49. The van der Waals surface area contributed by atoms with E-state index in [1.807, 2.05) is 36.1 Å². The summed E-state index contributed by atoms with van der Waals surface area (Å²) in [7, 11) is 1.68. The predicted octanol–water partition coefficient (Wildman–Crippen LogP) is 3.94. The number of ether oxygens (including phenoxy) is 1. The summed E-state index contributed by atoms with van der Waals surface area (Å²) >= 11 is 0. The van der Waals surface area contributed by atoms with Gasteiger partial charge in [0.1, 0.15) is 5.75 Å². The van der Waals surface area contributed by atoms with E-state index in [0.29, 0.717) is 5.92 Å². The number of fused-ring (bicyclic) bond motifs is 1. The van der Waals surface area contributed by atoms with Crippen molar-refractivity contribution in [1.29, 1.82) is 0 Å². The van der Waals surface area contributed by atoms with Crippen molar-refractivity contribution < 1.29 is 4.74 Å². The summed E-state index contributed by atoms with van der Waals surface area (Å²) in [4.78, 5) is 4.76. The number of pyridine rings is 1. The first-order valence-electron chi connectivity index (χ1n) is 7.56. The molecule has 2 aromatic heterocycles. The molecule has 0 aliphatic rings. The van der Waals surface area contributed by atoms with Gasteiger partial charge in [-0.05, 0) is 48.6 Å². The van der Waals surface area contributed by atoms with Crippen LogP contribution < -0.4 is 4.74 Å². The second-order valence-corrected chi connectivity index (χ2v) is 6.08. The van der Waals surface area contributed by atoms with Crippen molar-refractivity contribution in [3.05, 3.63) is 47.8 Å². The second kappa shape index (κ2) is 5.79. The molecule has 0 radical (unpaired) electrons. The minimum Gasteiger partial charge on any atom is -0.497 e. The fourth-order valence-corrected chi connectivity index (χ4v) is 2.66. The Morgan fingerprint density at radius 1 is 1.23 bits per heavy atom. The second-order valence-electron chi connectivity index (χ2n) is 6.08. The Bertz CT molecular complexity index is 805. The molecule has 0 amide bonds. The first kappa shape index (κ1) is 14.6. The number of hydrogen-bond acceptors (Lipinski definition) is 3. The molecule has 2 heterocycles. The lowest BCUT2D eigenvalue weighted by Crippen LogP contribution is -2.03. The Morgan fingerprint density at radius 2 is 2.05 bits per heavy atom. The number of nitrogens with zero attached hydrogens (tertiary/aromatic N) is 3. The van der Waals surface area contributed by atoms with Crippen LogP contribution in [0.4, 0.5) is 0 Å². The highest BCUT2D eigenvalue weighted by atomic mass is 16.5. The molecule has 0 bridgehead atoms. The van der Waals surface area contributed by atoms with Gasteiger partial charge in [-0.2, -0.15) is 5.10 Å². The fourth-order valence-electron chi connectivity index (χ4n) is 2.66. The molecule has 1 aromatic carbocycles. The first-order valence-corrected chi connectivity index (χ1v) is 7.56. The van der Waals surface area contributed by atoms with Crippen molar-refractivity contribution in [3.63, 3.8) is 0 Å². The van der Waals surface area contributed by atoms with Gasteiger partial charge in [-0.3, -0.25) is 0 Å². The van der Waals surface area contributed by atoms with Gasteiger partial charge in [0.15, 0.2) is 5.82 Å². The maximum Gasteiger partial charge on any atom is 0.154 e. The Kier molecular flexibility index (Phi) is 3.84. The van der Waals surface area contributed by atoms with Crippen LogP contribution in [0, 0.1) is 12.8 Å². The zero-order chi connectivity index (χ0) is 15.7. The van der Waals surface area contributed by atoms with Crippen LogP contribution in [-0.2, 0) is 6.42 Å². The van der Waals surface area contributed by atoms with Gasteiger partial charge in [0.25, 0.3) is 0 Å². The lowest BCUT2D eigenvalue weighted by molar-refractivity contribution is 0.415. The molecule has 0 aliphatic heterocycles. The Hall–Kier alpha value is -2.36. The molecule has 0 spiro atoms. The molecular weight excluding hydrogens is 274 g/mol. The molecule has 0 N–H and O–H groups in total. The molecule has 114 valence electrons. The third kappa shape index (κ3) is 2.82. The van der Waals surface area contributed by atoms with Crippen LogP contribution in [0.5, 0.6) is 5.75 Å². The molecule has 3 aromatic rings. The molecule has 4 nitrogen and oxygen atoms in total. The van der Waals surface area contributed by atoms with Crippen molar-refractivity contribution in [1.82, 2.24) is 14.8 Å². The van der Waals surface area contributed by atoms with Crippen LogP contribution in [0.25, 0.3) is 16.7 Å². The van der Waals surface area contributed by atoms with E-state index >= 15 is 0 Å². The number of aryl methyl sites for hydroxylation is 1. The summed E-state index contributed by atoms with van der Waals surface area (Å²) in [6, 6.07) is 8.21. The van der Waals surface area contributed by atoms with Crippen molar-refractivity contribution in [2.45, 2.75) is 27.2 Å². The van der Waals surface area contributed by atoms with E-state index in [0.717, 1.165) is 29.1 Å². The summed E-state index contributed by atoms with van der Waals surface area (Å²) in [6.07, 6.45) is 4.85. The van der Waals surface area contributed by atoms with E-state index in [-0.39, 0.29) is 0 Å². The third-order valence-electron chi connectivity index (χ3n) is 3.66. The van der Waals surface area contributed by atoms with E-state index in [1.165, 1.54) is 10.9 Å². The van der Waals surface area contributed by atoms with Crippen molar-refractivity contribution in [3.8, 4) is 11.6 Å². The molecule has 4 heteroatoms. The van der Waals surface area contributed by atoms with Gasteiger partial charge in [-0.15, -0.1) is 0 Å². The van der Waals surface area contributed by atoms with Crippen molar-refractivity contribution in [2.24, 2.45) is 5.92 Å². The molecule has 3 rings (SSSR count). The number of aromatic nitrogens is 3. The van der Waals surface area contributed by atoms with Gasteiger partial charge in [-0.25, -0.2) is 9.67 Å². The smallest absolute Gasteiger partial charge is 0.154 e. The minimum absolute atomic E-state index is 0.583. The lowest BCUT2D eigenvalue weighted by Gasteiger charge is -2.12. The number of benzene rings is 1. The molecule has 0 fully saturated rings. The predicted molar refractivity (Wildman–Crippen MR) is 88.7 cm³/mol. The average Bonchev–Trinajstić information content (AvgIpc) is 2.92. The van der Waals surface area contributed by atoms with Gasteiger partial charge < -0.3 is 4.74 Å². The van der Waals surface area contributed by atoms with Gasteiger partial charge in [0, 0.05) is 17.6 Å². The Morgan fingerprint density at radius 3 is 2.68 bits per heavy atom.